The van der Waals surface area contributed by atoms with E-state index in [9.17, 15) is 0 Å². The lowest BCUT2D eigenvalue weighted by Crippen LogP contribution is -1.95. The van der Waals surface area contributed by atoms with Crippen molar-refractivity contribution in [3.63, 3.8) is 0 Å². The van der Waals surface area contributed by atoms with Crippen molar-refractivity contribution in [1.29, 1.82) is 0 Å². The number of aryl methyl sites for hydroxylation is 1. The smallest absolute Gasteiger partial charge is 0.241 e. The van der Waals surface area contributed by atoms with Crippen LogP contribution < -0.4 is 4.74 Å². The van der Waals surface area contributed by atoms with E-state index in [1.54, 1.807) is 24.1 Å². The molecule has 0 amide bonds. The molecule has 4 nitrogen and oxygen atoms in total. The Labute approximate surface area is 80.1 Å². The van der Waals surface area contributed by atoms with Gasteiger partial charge in [0.1, 0.15) is 10.7 Å². The highest BCUT2D eigenvalue weighted by molar-refractivity contribution is 6.30. The maximum Gasteiger partial charge on any atom is 0.241 e. The molecule has 0 N–H and O–H groups in total. The standard InChI is InChI=1S/C8H8ClN3O/c1-12-7-5(4-10-12)3-6(9)11-8(7)13-2/h3-4H,1-2H3. The molecule has 0 unspecified atom stereocenters. The predicted octanol–water partition coefficient (Wildman–Crippen LogP) is 1.63. The van der Waals surface area contributed by atoms with Gasteiger partial charge in [-0.3, -0.25) is 4.68 Å². The van der Waals surface area contributed by atoms with Gasteiger partial charge in [0.15, 0.2) is 0 Å². The number of aromatic nitrogens is 3. The van der Waals surface area contributed by atoms with Gasteiger partial charge in [0.05, 0.1) is 13.3 Å². The van der Waals surface area contributed by atoms with Crippen LogP contribution in [0, 0.1) is 0 Å². The van der Waals surface area contributed by atoms with Gasteiger partial charge in [0, 0.05) is 12.4 Å². The number of methoxy groups -OCH3 is 1. The van der Waals surface area contributed by atoms with Crippen LogP contribution in [0.5, 0.6) is 5.88 Å². The predicted molar refractivity (Wildman–Crippen MR) is 50.1 cm³/mol. The van der Waals surface area contributed by atoms with E-state index >= 15 is 0 Å². The van der Waals surface area contributed by atoms with Crippen LogP contribution in [0.25, 0.3) is 10.9 Å². The van der Waals surface area contributed by atoms with Gasteiger partial charge >= 0.3 is 0 Å². The van der Waals surface area contributed by atoms with Crippen LogP contribution in [0.4, 0.5) is 0 Å². The van der Waals surface area contributed by atoms with Gasteiger partial charge < -0.3 is 4.74 Å². The van der Waals surface area contributed by atoms with Gasteiger partial charge in [-0.25, -0.2) is 0 Å². The highest BCUT2D eigenvalue weighted by Gasteiger charge is 2.08. The molecule has 0 saturated carbocycles. The summed E-state index contributed by atoms with van der Waals surface area (Å²) in [5.74, 6) is 0.502. The van der Waals surface area contributed by atoms with Crippen LogP contribution in [-0.2, 0) is 7.05 Å². The number of pyridine rings is 1. The van der Waals surface area contributed by atoms with Crippen molar-refractivity contribution < 1.29 is 4.74 Å². The van der Waals surface area contributed by atoms with Crippen LogP contribution >= 0.6 is 11.6 Å². The molecule has 13 heavy (non-hydrogen) atoms. The number of hydrogen-bond acceptors (Lipinski definition) is 3. The first-order valence-corrected chi connectivity index (χ1v) is 4.12. The summed E-state index contributed by atoms with van der Waals surface area (Å²) < 4.78 is 6.80. The Kier molecular flexibility index (Phi) is 1.84. The average Bonchev–Trinajstić information content (AvgIpc) is 2.46. The first kappa shape index (κ1) is 8.31. The normalized spacial score (nSPS) is 10.7. The van der Waals surface area contributed by atoms with E-state index < -0.39 is 0 Å². The summed E-state index contributed by atoms with van der Waals surface area (Å²) in [5.41, 5.74) is 0.854. The van der Waals surface area contributed by atoms with E-state index in [1.165, 1.54) is 0 Å². The molecule has 2 aromatic heterocycles. The van der Waals surface area contributed by atoms with Crippen molar-refractivity contribution in [2.75, 3.05) is 7.11 Å². The molecule has 2 heterocycles. The fourth-order valence-electron chi connectivity index (χ4n) is 1.27. The Morgan fingerprint density at radius 2 is 2.31 bits per heavy atom. The molecular formula is C8H8ClN3O. The molecule has 0 aliphatic rings. The summed E-state index contributed by atoms with van der Waals surface area (Å²) in [7, 11) is 3.39. The quantitative estimate of drug-likeness (QED) is 0.653. The second-order valence-electron chi connectivity index (χ2n) is 2.66. The summed E-state index contributed by atoms with van der Waals surface area (Å²) >= 11 is 5.78. The zero-order valence-electron chi connectivity index (χ0n) is 7.28. The van der Waals surface area contributed by atoms with Crippen LogP contribution in [-0.4, -0.2) is 21.9 Å². The fraction of sp³-hybridized carbons (Fsp3) is 0.250. The third-order valence-corrected chi connectivity index (χ3v) is 2.04. The highest BCUT2D eigenvalue weighted by Crippen LogP contribution is 2.25. The van der Waals surface area contributed by atoms with Crippen LogP contribution in [0.2, 0.25) is 5.15 Å². The molecule has 0 radical (unpaired) electrons. The van der Waals surface area contributed by atoms with Crippen molar-refractivity contribution in [3.8, 4) is 5.88 Å². The molecule has 0 fully saturated rings. The first-order valence-electron chi connectivity index (χ1n) is 3.74. The van der Waals surface area contributed by atoms with Gasteiger partial charge in [-0.2, -0.15) is 10.1 Å². The molecule has 0 bridgehead atoms. The van der Waals surface area contributed by atoms with Gasteiger partial charge in [0.2, 0.25) is 5.88 Å². The number of ether oxygens (including phenoxy) is 1. The molecule has 0 aliphatic heterocycles. The number of nitrogens with zero attached hydrogens (tertiary/aromatic N) is 3. The minimum Gasteiger partial charge on any atom is -0.479 e. The third-order valence-electron chi connectivity index (χ3n) is 1.85. The lowest BCUT2D eigenvalue weighted by molar-refractivity contribution is 0.401. The molecular weight excluding hydrogens is 190 g/mol. The number of fused-ring (bicyclic) bond motifs is 1. The van der Waals surface area contributed by atoms with Gasteiger partial charge in [-0.15, -0.1) is 0 Å². The van der Waals surface area contributed by atoms with Crippen LogP contribution in [0.15, 0.2) is 12.3 Å². The Morgan fingerprint density at radius 3 is 3.00 bits per heavy atom. The second-order valence-corrected chi connectivity index (χ2v) is 3.05. The molecule has 0 spiro atoms. The number of halogens is 1. The SMILES string of the molecule is COc1nc(Cl)cc2cnn(C)c12. The van der Waals surface area contributed by atoms with Crippen molar-refractivity contribution in [1.82, 2.24) is 14.8 Å². The van der Waals surface area contributed by atoms with Gasteiger partial charge in [0.25, 0.3) is 0 Å². The largest absolute Gasteiger partial charge is 0.479 e. The van der Waals surface area contributed by atoms with E-state index in [2.05, 4.69) is 10.1 Å². The van der Waals surface area contributed by atoms with E-state index in [-0.39, 0.29) is 0 Å². The second kappa shape index (κ2) is 2.88. The molecule has 0 saturated heterocycles. The summed E-state index contributed by atoms with van der Waals surface area (Å²) in [4.78, 5) is 4.04. The van der Waals surface area contributed by atoms with Crippen LogP contribution in [0.1, 0.15) is 0 Å². The summed E-state index contributed by atoms with van der Waals surface area (Å²) in [6.07, 6.45) is 1.73. The maximum atomic E-state index is 5.78. The Bertz CT molecular complexity index is 452. The zero-order valence-corrected chi connectivity index (χ0v) is 8.04. The molecule has 2 rings (SSSR count). The highest BCUT2D eigenvalue weighted by atomic mass is 35.5. The maximum absolute atomic E-state index is 5.78. The molecule has 0 atom stereocenters. The third kappa shape index (κ3) is 1.23. The van der Waals surface area contributed by atoms with Crippen molar-refractivity contribution in [2.24, 2.45) is 7.05 Å². The minimum absolute atomic E-state index is 0.414. The monoisotopic (exact) mass is 197 g/mol. The van der Waals surface area contributed by atoms with Crippen LogP contribution in [0.3, 0.4) is 0 Å². The number of rotatable bonds is 1. The van der Waals surface area contributed by atoms with Crippen molar-refractivity contribution in [3.05, 3.63) is 17.4 Å². The Hall–Kier alpha value is -1.29. The molecule has 5 heteroatoms. The van der Waals surface area contributed by atoms with E-state index in [1.807, 2.05) is 7.05 Å². The lowest BCUT2D eigenvalue weighted by atomic mass is 10.3. The summed E-state index contributed by atoms with van der Waals surface area (Å²) in [6, 6.07) is 1.76. The Balaban J connectivity index is 2.85. The topological polar surface area (TPSA) is 39.9 Å². The van der Waals surface area contributed by atoms with E-state index in [4.69, 9.17) is 16.3 Å². The fourth-order valence-corrected chi connectivity index (χ4v) is 1.47. The van der Waals surface area contributed by atoms with E-state index in [0.717, 1.165) is 10.9 Å². The summed E-state index contributed by atoms with van der Waals surface area (Å²) in [6.45, 7) is 0. The van der Waals surface area contributed by atoms with Gasteiger partial charge in [-0.1, -0.05) is 11.6 Å². The van der Waals surface area contributed by atoms with Crippen molar-refractivity contribution in [2.45, 2.75) is 0 Å². The molecule has 68 valence electrons. The average molecular weight is 198 g/mol. The first-order chi connectivity index (χ1) is 6.22. The van der Waals surface area contributed by atoms with Crippen molar-refractivity contribution >= 4 is 22.5 Å². The molecule has 0 aliphatic carbocycles. The minimum atomic E-state index is 0.414. The summed E-state index contributed by atoms with van der Waals surface area (Å²) in [5, 5.41) is 5.43. The van der Waals surface area contributed by atoms with E-state index in [0.29, 0.717) is 11.0 Å². The molecule has 2 aromatic rings. The Morgan fingerprint density at radius 1 is 1.54 bits per heavy atom. The van der Waals surface area contributed by atoms with Gasteiger partial charge in [-0.05, 0) is 6.07 Å². The number of hydrogen-bond donors (Lipinski definition) is 0. The lowest BCUT2D eigenvalue weighted by Gasteiger charge is -2.02. The molecule has 0 aromatic carbocycles. The zero-order chi connectivity index (χ0) is 9.42.